The zero-order valence-corrected chi connectivity index (χ0v) is 10.2. The van der Waals surface area contributed by atoms with Crippen molar-refractivity contribution in [1.82, 2.24) is 0 Å². The van der Waals surface area contributed by atoms with Gasteiger partial charge in [0.1, 0.15) is 0 Å². The highest BCUT2D eigenvalue weighted by atomic mass is 16.4. The van der Waals surface area contributed by atoms with Crippen molar-refractivity contribution in [3.63, 3.8) is 0 Å². The van der Waals surface area contributed by atoms with Crippen molar-refractivity contribution in [1.29, 1.82) is 0 Å². The van der Waals surface area contributed by atoms with E-state index < -0.39 is 5.97 Å². The predicted molar refractivity (Wildman–Crippen MR) is 67.0 cm³/mol. The molecule has 0 bridgehead atoms. The lowest BCUT2D eigenvalue weighted by Gasteiger charge is -2.27. The van der Waals surface area contributed by atoms with Gasteiger partial charge in [0.15, 0.2) is 0 Å². The molecule has 3 heteroatoms. The van der Waals surface area contributed by atoms with Gasteiger partial charge in [-0.05, 0) is 18.4 Å². The van der Waals surface area contributed by atoms with Crippen LogP contribution in [0.5, 0.6) is 0 Å². The normalized spacial score (nSPS) is 23.4. The van der Waals surface area contributed by atoms with Crippen molar-refractivity contribution in [2.75, 3.05) is 0 Å². The third-order valence-electron chi connectivity index (χ3n) is 2.96. The van der Waals surface area contributed by atoms with Gasteiger partial charge in [-0.15, -0.1) is 0 Å². The topological polar surface area (TPSA) is 57.5 Å². The largest absolute Gasteiger partial charge is 0.481 e. The molecule has 0 saturated heterocycles. The molecule has 1 aromatic carbocycles. The summed E-state index contributed by atoms with van der Waals surface area (Å²) in [6.45, 7) is 1.08. The van der Waals surface area contributed by atoms with E-state index in [0.717, 1.165) is 19.8 Å². The molecule has 3 nitrogen and oxygen atoms in total. The van der Waals surface area contributed by atoms with Crippen molar-refractivity contribution >= 4 is 5.97 Å². The third-order valence-corrected chi connectivity index (χ3v) is 2.96. The Labute approximate surface area is 102 Å². The Morgan fingerprint density at radius 3 is 2.24 bits per heavy atom. The van der Waals surface area contributed by atoms with Crippen LogP contribution in [0.25, 0.3) is 0 Å². The quantitative estimate of drug-likeness (QED) is 0.788. The fourth-order valence-electron chi connectivity index (χ4n) is 2.20. The molecule has 17 heavy (non-hydrogen) atoms. The van der Waals surface area contributed by atoms with Crippen LogP contribution in [0.3, 0.4) is 0 Å². The molecule has 0 unspecified atom stereocenters. The van der Waals surface area contributed by atoms with Gasteiger partial charge < -0.3 is 10.2 Å². The predicted octanol–water partition coefficient (Wildman–Crippen LogP) is 2.80. The lowest BCUT2D eigenvalue weighted by molar-refractivity contribution is -0.134. The zero-order chi connectivity index (χ0) is 12.7. The van der Waals surface area contributed by atoms with Gasteiger partial charge in [0, 0.05) is 12.8 Å². The van der Waals surface area contributed by atoms with Crippen LogP contribution in [0.4, 0.5) is 0 Å². The first-order chi connectivity index (χ1) is 8.11. The van der Waals surface area contributed by atoms with Crippen LogP contribution >= 0.6 is 0 Å². The molecule has 0 aliphatic heterocycles. The van der Waals surface area contributed by atoms with Gasteiger partial charge >= 0.3 is 0 Å². The zero-order valence-electron chi connectivity index (χ0n) is 10.2. The standard InChI is InChI=1S/C12H16O.C2H4O2/c13-12-9-5-4-8-11(12)10-6-2-1-3-7-10;1-2(3)4/h1-3,6-7,11-13H,4-5,8-9H2;1H3,(H,3,4)/t11-,12+;/m0./s1. The molecule has 0 aromatic heterocycles. The van der Waals surface area contributed by atoms with E-state index in [1.54, 1.807) is 0 Å². The molecule has 0 heterocycles. The first-order valence-corrected chi connectivity index (χ1v) is 6.04. The molecule has 2 atom stereocenters. The van der Waals surface area contributed by atoms with Crippen molar-refractivity contribution < 1.29 is 15.0 Å². The third kappa shape index (κ3) is 5.00. The Balaban J connectivity index is 0.000000317. The van der Waals surface area contributed by atoms with Crippen LogP contribution in [0, 0.1) is 0 Å². The highest BCUT2D eigenvalue weighted by Gasteiger charge is 2.23. The van der Waals surface area contributed by atoms with Gasteiger partial charge in [0.2, 0.25) is 0 Å². The minimum Gasteiger partial charge on any atom is -0.481 e. The maximum Gasteiger partial charge on any atom is 0.300 e. The van der Waals surface area contributed by atoms with Crippen LogP contribution in [0.15, 0.2) is 30.3 Å². The van der Waals surface area contributed by atoms with E-state index >= 15 is 0 Å². The number of aliphatic hydroxyl groups excluding tert-OH is 1. The van der Waals surface area contributed by atoms with E-state index in [1.165, 1.54) is 18.4 Å². The van der Waals surface area contributed by atoms with Gasteiger partial charge in [0.25, 0.3) is 5.97 Å². The molecule has 94 valence electrons. The highest BCUT2D eigenvalue weighted by Crippen LogP contribution is 2.32. The molecule has 0 spiro atoms. The Bertz CT molecular complexity index is 331. The first-order valence-electron chi connectivity index (χ1n) is 6.04. The average molecular weight is 236 g/mol. The van der Waals surface area contributed by atoms with Gasteiger partial charge in [-0.25, -0.2) is 0 Å². The molecule has 0 radical (unpaired) electrons. The fourth-order valence-corrected chi connectivity index (χ4v) is 2.20. The number of hydrogen-bond acceptors (Lipinski definition) is 2. The summed E-state index contributed by atoms with van der Waals surface area (Å²) in [6, 6.07) is 10.4. The van der Waals surface area contributed by atoms with E-state index in [1.807, 2.05) is 6.07 Å². The second kappa shape index (κ2) is 7.07. The number of carbonyl (C=O) groups is 1. The smallest absolute Gasteiger partial charge is 0.300 e. The van der Waals surface area contributed by atoms with Crippen molar-refractivity contribution in [2.24, 2.45) is 0 Å². The monoisotopic (exact) mass is 236 g/mol. The number of aliphatic hydroxyl groups is 1. The van der Waals surface area contributed by atoms with Gasteiger partial charge in [-0.1, -0.05) is 43.2 Å². The molecule has 1 aliphatic rings. The summed E-state index contributed by atoms with van der Waals surface area (Å²) in [5.41, 5.74) is 1.30. The number of carboxylic acid groups (broad SMARTS) is 1. The fraction of sp³-hybridized carbons (Fsp3) is 0.500. The van der Waals surface area contributed by atoms with Crippen LogP contribution in [-0.2, 0) is 4.79 Å². The molecular formula is C14H20O3. The van der Waals surface area contributed by atoms with E-state index in [9.17, 15) is 5.11 Å². The lowest BCUT2D eigenvalue weighted by Crippen LogP contribution is -2.22. The SMILES string of the molecule is CC(=O)O.O[C@@H]1CCCC[C@H]1c1ccccc1. The summed E-state index contributed by atoms with van der Waals surface area (Å²) in [4.78, 5) is 9.00. The maximum absolute atomic E-state index is 9.82. The Hall–Kier alpha value is -1.35. The number of hydrogen-bond donors (Lipinski definition) is 2. The van der Waals surface area contributed by atoms with Crippen LogP contribution < -0.4 is 0 Å². The molecule has 1 aliphatic carbocycles. The summed E-state index contributed by atoms with van der Waals surface area (Å²) < 4.78 is 0. The Morgan fingerprint density at radius 2 is 1.71 bits per heavy atom. The van der Waals surface area contributed by atoms with E-state index in [4.69, 9.17) is 9.90 Å². The molecule has 1 saturated carbocycles. The summed E-state index contributed by atoms with van der Waals surface area (Å²) in [5, 5.41) is 17.2. The second-order valence-electron chi connectivity index (χ2n) is 4.39. The molecule has 1 aromatic rings. The van der Waals surface area contributed by atoms with Crippen molar-refractivity contribution in [2.45, 2.75) is 44.6 Å². The first kappa shape index (κ1) is 13.7. The lowest BCUT2D eigenvalue weighted by atomic mass is 9.82. The second-order valence-corrected chi connectivity index (χ2v) is 4.39. The summed E-state index contributed by atoms with van der Waals surface area (Å²) in [6.07, 6.45) is 4.45. The number of benzene rings is 1. The molecule has 1 fully saturated rings. The summed E-state index contributed by atoms with van der Waals surface area (Å²) in [7, 11) is 0. The minimum atomic E-state index is -0.833. The number of aliphatic carboxylic acids is 1. The van der Waals surface area contributed by atoms with E-state index in [-0.39, 0.29) is 6.10 Å². The van der Waals surface area contributed by atoms with Crippen LogP contribution in [0.2, 0.25) is 0 Å². The number of carboxylic acids is 1. The number of rotatable bonds is 1. The Kier molecular flexibility index (Phi) is 5.70. The van der Waals surface area contributed by atoms with E-state index in [0.29, 0.717) is 5.92 Å². The van der Waals surface area contributed by atoms with E-state index in [2.05, 4.69) is 24.3 Å². The van der Waals surface area contributed by atoms with Gasteiger partial charge in [0.05, 0.1) is 6.10 Å². The van der Waals surface area contributed by atoms with Crippen molar-refractivity contribution in [3.05, 3.63) is 35.9 Å². The highest BCUT2D eigenvalue weighted by molar-refractivity contribution is 5.62. The summed E-state index contributed by atoms with van der Waals surface area (Å²) in [5.74, 6) is -0.449. The van der Waals surface area contributed by atoms with Crippen LogP contribution in [0.1, 0.15) is 44.1 Å². The molecule has 0 amide bonds. The average Bonchev–Trinajstić information content (AvgIpc) is 2.30. The van der Waals surface area contributed by atoms with Gasteiger partial charge in [-0.3, -0.25) is 4.79 Å². The minimum absolute atomic E-state index is 0.115. The molecular weight excluding hydrogens is 216 g/mol. The molecule has 2 N–H and O–H groups in total. The summed E-state index contributed by atoms with van der Waals surface area (Å²) >= 11 is 0. The van der Waals surface area contributed by atoms with Gasteiger partial charge in [-0.2, -0.15) is 0 Å². The van der Waals surface area contributed by atoms with Crippen LogP contribution in [-0.4, -0.2) is 22.3 Å². The molecule has 2 rings (SSSR count). The van der Waals surface area contributed by atoms with Crippen molar-refractivity contribution in [3.8, 4) is 0 Å². The Morgan fingerprint density at radius 1 is 1.18 bits per heavy atom. The maximum atomic E-state index is 9.82.